The lowest BCUT2D eigenvalue weighted by Gasteiger charge is -2.36. The van der Waals surface area contributed by atoms with Gasteiger partial charge in [-0.25, -0.2) is 0 Å². The fraction of sp³-hybridized carbons (Fsp3) is 1.00. The lowest BCUT2D eigenvalue weighted by atomic mass is 10.1. The molecule has 0 N–H and O–H groups in total. The molecular formula is C27H56O3S2. The molecule has 1 atom stereocenters. The zero-order valence-corrected chi connectivity index (χ0v) is 23.7. The van der Waals surface area contributed by atoms with Gasteiger partial charge in [0.1, 0.15) is 6.10 Å². The van der Waals surface area contributed by atoms with E-state index in [1.807, 2.05) is 0 Å². The molecule has 0 heterocycles. The Balaban J connectivity index is 4.44. The lowest BCUT2D eigenvalue weighted by Crippen LogP contribution is -2.44. The van der Waals surface area contributed by atoms with E-state index in [9.17, 15) is 0 Å². The van der Waals surface area contributed by atoms with Gasteiger partial charge >= 0.3 is 0 Å². The van der Waals surface area contributed by atoms with Crippen molar-refractivity contribution in [3.63, 3.8) is 0 Å². The summed E-state index contributed by atoms with van der Waals surface area (Å²) in [6.45, 7) is 11.1. The fourth-order valence-electron chi connectivity index (χ4n) is 3.84. The van der Waals surface area contributed by atoms with Crippen molar-refractivity contribution in [3.8, 4) is 0 Å². The topological polar surface area (TPSA) is 27.7 Å². The van der Waals surface area contributed by atoms with Crippen LogP contribution in [0.2, 0.25) is 0 Å². The highest BCUT2D eigenvalue weighted by atomic mass is 33.1. The fourth-order valence-corrected chi connectivity index (χ4v) is 5.09. The normalized spacial score (nSPS) is 13.0. The van der Waals surface area contributed by atoms with Crippen molar-refractivity contribution >= 4 is 22.5 Å². The van der Waals surface area contributed by atoms with E-state index in [1.54, 1.807) is 0 Å². The Bertz CT molecular complexity index is 351. The lowest BCUT2D eigenvalue weighted by molar-refractivity contribution is -0.229. The standard InChI is InChI=1S/C27H56O3S2/c1-5-8-11-14-17-20-23-28-26(4)27(32-31,29-24-21-18-15-12-9-6-2)30-25-22-19-16-13-10-7-3/h26,31H,5-25H2,1-4H3. The van der Waals surface area contributed by atoms with Gasteiger partial charge < -0.3 is 14.2 Å². The second-order valence-corrected chi connectivity index (χ2v) is 10.5. The van der Waals surface area contributed by atoms with Crippen LogP contribution in [0.3, 0.4) is 0 Å². The molecule has 0 spiro atoms. The SMILES string of the molecule is CCCCCCCCOC(C)C(OCCCCCCCC)(OCCCCCCCC)SS. The molecule has 0 aliphatic rings. The van der Waals surface area contributed by atoms with E-state index < -0.39 is 5.12 Å². The molecular weight excluding hydrogens is 436 g/mol. The summed E-state index contributed by atoms with van der Waals surface area (Å²) in [5, 5.41) is -0.807. The molecule has 32 heavy (non-hydrogen) atoms. The molecule has 0 amide bonds. The maximum atomic E-state index is 6.34. The summed E-state index contributed by atoms with van der Waals surface area (Å²) in [6, 6.07) is 0. The summed E-state index contributed by atoms with van der Waals surface area (Å²) in [7, 11) is 1.37. The minimum atomic E-state index is -0.807. The average molecular weight is 493 g/mol. The smallest absolute Gasteiger partial charge is 0.255 e. The Morgan fingerprint density at radius 2 is 0.906 bits per heavy atom. The highest BCUT2D eigenvalue weighted by Crippen LogP contribution is 2.37. The first-order valence-corrected chi connectivity index (χ1v) is 15.8. The second kappa shape index (κ2) is 24.7. The molecule has 194 valence electrons. The maximum absolute atomic E-state index is 6.34. The Labute approximate surface area is 210 Å². The molecule has 0 saturated carbocycles. The van der Waals surface area contributed by atoms with Gasteiger partial charge in [0.25, 0.3) is 5.12 Å². The van der Waals surface area contributed by atoms with Crippen LogP contribution in [0.1, 0.15) is 143 Å². The van der Waals surface area contributed by atoms with E-state index >= 15 is 0 Å². The van der Waals surface area contributed by atoms with Crippen LogP contribution in [0.25, 0.3) is 0 Å². The minimum absolute atomic E-state index is 0.138. The van der Waals surface area contributed by atoms with Crippen LogP contribution in [0.4, 0.5) is 0 Å². The quantitative estimate of drug-likeness (QED) is 0.0562. The second-order valence-electron chi connectivity index (χ2n) is 9.21. The largest absolute Gasteiger partial charge is 0.372 e. The Morgan fingerprint density at radius 1 is 0.562 bits per heavy atom. The van der Waals surface area contributed by atoms with Crippen molar-refractivity contribution in [2.75, 3.05) is 19.8 Å². The van der Waals surface area contributed by atoms with Crippen molar-refractivity contribution < 1.29 is 14.2 Å². The van der Waals surface area contributed by atoms with Gasteiger partial charge in [-0.05, 0) is 37.0 Å². The Kier molecular flexibility index (Phi) is 25.1. The zero-order chi connectivity index (χ0) is 23.8. The highest BCUT2D eigenvalue weighted by molar-refractivity contribution is 8.69. The molecule has 0 rings (SSSR count). The monoisotopic (exact) mass is 492 g/mol. The van der Waals surface area contributed by atoms with Crippen molar-refractivity contribution in [3.05, 3.63) is 0 Å². The van der Waals surface area contributed by atoms with Gasteiger partial charge in [0, 0.05) is 6.61 Å². The van der Waals surface area contributed by atoms with Crippen molar-refractivity contribution in [1.29, 1.82) is 0 Å². The maximum Gasteiger partial charge on any atom is 0.255 e. The van der Waals surface area contributed by atoms with E-state index in [0.717, 1.165) is 25.9 Å². The highest BCUT2D eigenvalue weighted by Gasteiger charge is 2.39. The van der Waals surface area contributed by atoms with E-state index in [2.05, 4.69) is 39.4 Å². The van der Waals surface area contributed by atoms with Crippen LogP contribution in [0, 0.1) is 0 Å². The number of rotatable bonds is 26. The van der Waals surface area contributed by atoms with Crippen molar-refractivity contribution in [1.82, 2.24) is 0 Å². The molecule has 0 aromatic carbocycles. The predicted molar refractivity (Wildman–Crippen MR) is 147 cm³/mol. The summed E-state index contributed by atoms with van der Waals surface area (Å²) in [5.41, 5.74) is 0. The van der Waals surface area contributed by atoms with E-state index in [0.29, 0.717) is 13.2 Å². The molecule has 1 unspecified atom stereocenters. The number of ether oxygens (including phenoxy) is 3. The van der Waals surface area contributed by atoms with Crippen LogP contribution in [-0.4, -0.2) is 31.0 Å². The summed E-state index contributed by atoms with van der Waals surface area (Å²) >= 11 is 4.57. The minimum Gasteiger partial charge on any atom is -0.372 e. The third kappa shape index (κ3) is 18.0. The molecule has 0 aliphatic heterocycles. The molecule has 0 bridgehead atoms. The molecule has 0 aromatic rings. The van der Waals surface area contributed by atoms with Crippen LogP contribution in [-0.2, 0) is 14.2 Å². The van der Waals surface area contributed by atoms with Gasteiger partial charge in [-0.15, -0.1) is 11.7 Å². The van der Waals surface area contributed by atoms with Gasteiger partial charge in [0.2, 0.25) is 0 Å². The van der Waals surface area contributed by atoms with Crippen LogP contribution < -0.4 is 0 Å². The van der Waals surface area contributed by atoms with Gasteiger partial charge in [0.05, 0.1) is 13.2 Å². The summed E-state index contributed by atoms with van der Waals surface area (Å²) in [4.78, 5) is 0. The van der Waals surface area contributed by atoms with Crippen LogP contribution in [0.15, 0.2) is 0 Å². The van der Waals surface area contributed by atoms with Crippen LogP contribution in [0.5, 0.6) is 0 Å². The third-order valence-electron chi connectivity index (χ3n) is 6.09. The van der Waals surface area contributed by atoms with E-state index in [1.165, 1.54) is 107 Å². The number of hydrogen-bond donors (Lipinski definition) is 1. The van der Waals surface area contributed by atoms with E-state index in [-0.39, 0.29) is 6.10 Å². The Morgan fingerprint density at radius 3 is 1.28 bits per heavy atom. The van der Waals surface area contributed by atoms with Crippen LogP contribution >= 0.6 is 22.5 Å². The first-order chi connectivity index (χ1) is 15.7. The molecule has 0 radical (unpaired) electrons. The molecule has 0 aromatic heterocycles. The van der Waals surface area contributed by atoms with Crippen molar-refractivity contribution in [2.45, 2.75) is 154 Å². The summed E-state index contributed by atoms with van der Waals surface area (Å²) in [6.07, 6.45) is 22.6. The molecule has 0 fully saturated rings. The molecule has 5 heteroatoms. The van der Waals surface area contributed by atoms with Gasteiger partial charge in [-0.1, -0.05) is 117 Å². The summed E-state index contributed by atoms with van der Waals surface area (Å²) < 4.78 is 18.9. The van der Waals surface area contributed by atoms with Crippen molar-refractivity contribution in [2.24, 2.45) is 0 Å². The molecule has 0 aliphatic carbocycles. The number of thiol groups is 1. The first-order valence-electron chi connectivity index (χ1n) is 13.9. The Hall–Kier alpha value is 0.580. The number of unbranched alkanes of at least 4 members (excludes halogenated alkanes) is 15. The average Bonchev–Trinajstić information content (AvgIpc) is 2.81. The zero-order valence-electron chi connectivity index (χ0n) is 22.0. The third-order valence-corrected chi connectivity index (χ3v) is 7.68. The summed E-state index contributed by atoms with van der Waals surface area (Å²) in [5.74, 6) is 0. The predicted octanol–water partition coefficient (Wildman–Crippen LogP) is 9.74. The molecule has 3 nitrogen and oxygen atoms in total. The van der Waals surface area contributed by atoms with Gasteiger partial charge in [-0.3, -0.25) is 0 Å². The van der Waals surface area contributed by atoms with Gasteiger partial charge in [-0.2, -0.15) is 0 Å². The van der Waals surface area contributed by atoms with Gasteiger partial charge in [0.15, 0.2) is 0 Å². The molecule has 0 saturated heterocycles. The first kappa shape index (κ1) is 32.6. The number of hydrogen-bond acceptors (Lipinski definition) is 5. The van der Waals surface area contributed by atoms with E-state index in [4.69, 9.17) is 14.2 Å².